The Labute approximate surface area is 120 Å². The summed E-state index contributed by atoms with van der Waals surface area (Å²) in [4.78, 5) is 11.6. The Kier molecular flexibility index (Phi) is 4.94. The van der Waals surface area contributed by atoms with E-state index in [2.05, 4.69) is 12.1 Å². The second-order valence-corrected chi connectivity index (χ2v) is 4.84. The van der Waals surface area contributed by atoms with Gasteiger partial charge < -0.3 is 4.74 Å². The molecule has 0 heterocycles. The van der Waals surface area contributed by atoms with Gasteiger partial charge >= 0.3 is 0 Å². The van der Waals surface area contributed by atoms with E-state index in [9.17, 15) is 4.79 Å². The molecule has 0 amide bonds. The van der Waals surface area contributed by atoms with Crippen molar-refractivity contribution >= 4 is 5.78 Å². The van der Waals surface area contributed by atoms with Crippen molar-refractivity contribution in [1.29, 1.82) is 0 Å². The lowest BCUT2D eigenvalue weighted by Crippen LogP contribution is -2.03. The van der Waals surface area contributed by atoms with Crippen LogP contribution in [-0.2, 0) is 6.42 Å². The fraction of sp³-hybridized carbons (Fsp3) is 0.278. The number of ether oxygens (including phenoxy) is 1. The highest BCUT2D eigenvalue weighted by Crippen LogP contribution is 2.20. The smallest absolute Gasteiger partial charge is 0.162 e. The summed E-state index contributed by atoms with van der Waals surface area (Å²) in [5.41, 5.74) is 3.04. The Hall–Kier alpha value is -2.09. The van der Waals surface area contributed by atoms with E-state index in [0.717, 1.165) is 23.3 Å². The summed E-state index contributed by atoms with van der Waals surface area (Å²) < 4.78 is 5.80. The number of benzene rings is 2. The van der Waals surface area contributed by atoms with Gasteiger partial charge in [-0.05, 0) is 36.2 Å². The van der Waals surface area contributed by atoms with Gasteiger partial charge in [-0.3, -0.25) is 4.79 Å². The summed E-state index contributed by atoms with van der Waals surface area (Å²) in [6, 6.07) is 15.9. The molecule has 0 aliphatic carbocycles. The highest BCUT2D eigenvalue weighted by molar-refractivity contribution is 5.96. The van der Waals surface area contributed by atoms with Gasteiger partial charge in [0, 0.05) is 18.4 Å². The van der Waals surface area contributed by atoms with Crippen molar-refractivity contribution in [2.45, 2.75) is 26.7 Å². The van der Waals surface area contributed by atoms with Gasteiger partial charge in [-0.1, -0.05) is 37.3 Å². The highest BCUT2D eigenvalue weighted by Gasteiger charge is 2.06. The van der Waals surface area contributed by atoms with Gasteiger partial charge in [0.25, 0.3) is 0 Å². The third kappa shape index (κ3) is 3.70. The summed E-state index contributed by atoms with van der Waals surface area (Å²) in [6.07, 6.45) is 1.42. The zero-order valence-corrected chi connectivity index (χ0v) is 12.1. The van der Waals surface area contributed by atoms with Crippen LogP contribution in [0.1, 0.15) is 34.8 Å². The van der Waals surface area contributed by atoms with E-state index >= 15 is 0 Å². The van der Waals surface area contributed by atoms with Crippen molar-refractivity contribution in [3.8, 4) is 5.75 Å². The topological polar surface area (TPSA) is 26.3 Å². The molecule has 2 heteroatoms. The number of rotatable bonds is 6. The van der Waals surface area contributed by atoms with Gasteiger partial charge in [0.2, 0.25) is 0 Å². The van der Waals surface area contributed by atoms with Crippen LogP contribution in [0, 0.1) is 6.92 Å². The number of carbonyl (C=O) groups excluding carboxylic acids is 1. The fourth-order valence-electron chi connectivity index (χ4n) is 2.11. The van der Waals surface area contributed by atoms with Crippen molar-refractivity contribution < 1.29 is 9.53 Å². The average Bonchev–Trinajstić information content (AvgIpc) is 2.49. The van der Waals surface area contributed by atoms with Gasteiger partial charge in [-0.25, -0.2) is 0 Å². The van der Waals surface area contributed by atoms with Gasteiger partial charge in [0.1, 0.15) is 5.75 Å². The summed E-state index contributed by atoms with van der Waals surface area (Å²) in [5.74, 6) is 1.03. The lowest BCUT2D eigenvalue weighted by atomic mass is 10.1. The first-order chi connectivity index (χ1) is 9.70. The zero-order chi connectivity index (χ0) is 14.4. The van der Waals surface area contributed by atoms with Crippen LogP contribution in [0.5, 0.6) is 5.75 Å². The molecular weight excluding hydrogens is 248 g/mol. The van der Waals surface area contributed by atoms with Crippen LogP contribution >= 0.6 is 0 Å². The number of Topliss-reactive ketones (excluding diaryl/α,β-unsaturated/α-hetero) is 1. The first-order valence-electron chi connectivity index (χ1n) is 7.01. The number of hydrogen-bond acceptors (Lipinski definition) is 2. The first-order valence-corrected chi connectivity index (χ1v) is 7.01. The van der Waals surface area contributed by atoms with E-state index in [-0.39, 0.29) is 5.78 Å². The van der Waals surface area contributed by atoms with Crippen molar-refractivity contribution in [1.82, 2.24) is 0 Å². The van der Waals surface area contributed by atoms with Gasteiger partial charge in [0.05, 0.1) is 6.61 Å². The number of hydrogen-bond donors (Lipinski definition) is 0. The average molecular weight is 268 g/mol. The minimum atomic E-state index is 0.170. The van der Waals surface area contributed by atoms with E-state index in [1.165, 1.54) is 5.56 Å². The largest absolute Gasteiger partial charge is 0.493 e. The molecule has 0 fully saturated rings. The van der Waals surface area contributed by atoms with Crippen LogP contribution in [0.4, 0.5) is 0 Å². The summed E-state index contributed by atoms with van der Waals surface area (Å²) in [5, 5.41) is 0. The van der Waals surface area contributed by atoms with E-state index in [1.807, 2.05) is 50.2 Å². The van der Waals surface area contributed by atoms with Crippen LogP contribution in [0.3, 0.4) is 0 Å². The van der Waals surface area contributed by atoms with Gasteiger partial charge in [0.15, 0.2) is 5.78 Å². The number of ketones is 1. The Balaban J connectivity index is 1.95. The first kappa shape index (κ1) is 14.3. The van der Waals surface area contributed by atoms with Crippen LogP contribution in [0.2, 0.25) is 0 Å². The molecule has 0 aliphatic heterocycles. The molecule has 0 N–H and O–H groups in total. The number of aryl methyl sites for hydroxylation is 1. The van der Waals surface area contributed by atoms with Crippen molar-refractivity contribution in [3.05, 3.63) is 65.2 Å². The minimum Gasteiger partial charge on any atom is -0.493 e. The Morgan fingerprint density at radius 2 is 1.85 bits per heavy atom. The van der Waals surface area contributed by atoms with E-state index in [4.69, 9.17) is 4.74 Å². The molecule has 0 aromatic heterocycles. The quantitative estimate of drug-likeness (QED) is 0.734. The molecule has 2 nitrogen and oxygen atoms in total. The standard InChI is InChI=1S/C18H20O2/c1-3-17(19)16-9-10-18(14(2)13-16)20-12-11-15-7-5-4-6-8-15/h4-10,13H,3,11-12H2,1-2H3. The molecule has 0 spiro atoms. The molecule has 0 saturated heterocycles. The second kappa shape index (κ2) is 6.90. The highest BCUT2D eigenvalue weighted by atomic mass is 16.5. The lowest BCUT2D eigenvalue weighted by molar-refractivity contribution is 0.0988. The van der Waals surface area contributed by atoms with Crippen molar-refractivity contribution in [2.75, 3.05) is 6.61 Å². The van der Waals surface area contributed by atoms with Crippen LogP contribution in [0.15, 0.2) is 48.5 Å². The third-order valence-corrected chi connectivity index (χ3v) is 3.31. The Morgan fingerprint density at radius 3 is 2.50 bits per heavy atom. The van der Waals surface area contributed by atoms with Crippen molar-refractivity contribution in [3.63, 3.8) is 0 Å². The molecule has 0 bridgehead atoms. The van der Waals surface area contributed by atoms with E-state index in [0.29, 0.717) is 13.0 Å². The second-order valence-electron chi connectivity index (χ2n) is 4.84. The molecule has 0 radical (unpaired) electrons. The van der Waals surface area contributed by atoms with Gasteiger partial charge in [-0.15, -0.1) is 0 Å². The monoisotopic (exact) mass is 268 g/mol. The predicted molar refractivity (Wildman–Crippen MR) is 81.4 cm³/mol. The summed E-state index contributed by atoms with van der Waals surface area (Å²) >= 11 is 0. The summed E-state index contributed by atoms with van der Waals surface area (Å²) in [7, 11) is 0. The molecule has 104 valence electrons. The van der Waals surface area contributed by atoms with Crippen LogP contribution < -0.4 is 4.74 Å². The Bertz CT molecular complexity index is 573. The minimum absolute atomic E-state index is 0.170. The third-order valence-electron chi connectivity index (χ3n) is 3.31. The maximum atomic E-state index is 11.6. The normalized spacial score (nSPS) is 10.3. The molecule has 0 aliphatic rings. The molecular formula is C18H20O2. The van der Waals surface area contributed by atoms with Crippen LogP contribution in [-0.4, -0.2) is 12.4 Å². The van der Waals surface area contributed by atoms with Gasteiger partial charge in [-0.2, -0.15) is 0 Å². The maximum absolute atomic E-state index is 11.6. The number of carbonyl (C=O) groups is 1. The SMILES string of the molecule is CCC(=O)c1ccc(OCCc2ccccc2)c(C)c1. The lowest BCUT2D eigenvalue weighted by Gasteiger charge is -2.10. The fourth-order valence-corrected chi connectivity index (χ4v) is 2.11. The Morgan fingerprint density at radius 1 is 1.10 bits per heavy atom. The zero-order valence-electron chi connectivity index (χ0n) is 12.1. The van der Waals surface area contributed by atoms with E-state index in [1.54, 1.807) is 0 Å². The maximum Gasteiger partial charge on any atom is 0.162 e. The molecule has 2 rings (SSSR count). The molecule has 0 unspecified atom stereocenters. The molecule has 20 heavy (non-hydrogen) atoms. The molecule has 2 aromatic rings. The molecule has 0 saturated carbocycles. The van der Waals surface area contributed by atoms with Crippen molar-refractivity contribution in [2.24, 2.45) is 0 Å². The molecule has 2 aromatic carbocycles. The summed E-state index contributed by atoms with van der Waals surface area (Å²) in [6.45, 7) is 4.50. The van der Waals surface area contributed by atoms with Crippen LogP contribution in [0.25, 0.3) is 0 Å². The predicted octanol–water partition coefficient (Wildman–Crippen LogP) is 4.21. The molecule has 0 atom stereocenters. The van der Waals surface area contributed by atoms with E-state index < -0.39 is 0 Å².